The van der Waals surface area contributed by atoms with Gasteiger partial charge in [0.15, 0.2) is 11.5 Å². The Morgan fingerprint density at radius 2 is 2.05 bits per heavy atom. The SMILES string of the molecule is CC1CC(NC(=O)c2ccc3c(c2)OCCCO3)CCN1.Cl. The minimum atomic E-state index is -0.0373. The lowest BCUT2D eigenvalue weighted by molar-refractivity contribution is 0.0925. The first-order chi connectivity index (χ1) is 10.2. The summed E-state index contributed by atoms with van der Waals surface area (Å²) in [6.45, 7) is 4.38. The van der Waals surface area contributed by atoms with E-state index in [1.54, 1.807) is 12.1 Å². The molecule has 0 saturated carbocycles. The Morgan fingerprint density at radius 1 is 1.27 bits per heavy atom. The number of carbonyl (C=O) groups is 1. The molecule has 2 aliphatic rings. The van der Waals surface area contributed by atoms with Crippen LogP contribution in [0.1, 0.15) is 36.5 Å². The number of halogens is 1. The zero-order valence-electron chi connectivity index (χ0n) is 12.8. The summed E-state index contributed by atoms with van der Waals surface area (Å²) < 4.78 is 11.2. The third-order valence-electron chi connectivity index (χ3n) is 3.97. The molecule has 2 heterocycles. The molecule has 3 rings (SSSR count). The summed E-state index contributed by atoms with van der Waals surface area (Å²) in [5.74, 6) is 1.35. The van der Waals surface area contributed by atoms with Crippen LogP contribution in [0.25, 0.3) is 0 Å². The molecule has 1 fully saturated rings. The highest BCUT2D eigenvalue weighted by atomic mass is 35.5. The number of nitrogens with one attached hydrogen (secondary N) is 2. The van der Waals surface area contributed by atoms with Crippen LogP contribution in [0.4, 0.5) is 0 Å². The second-order valence-electron chi connectivity index (χ2n) is 5.76. The Labute approximate surface area is 137 Å². The average molecular weight is 327 g/mol. The van der Waals surface area contributed by atoms with E-state index in [2.05, 4.69) is 17.6 Å². The molecule has 2 N–H and O–H groups in total. The van der Waals surface area contributed by atoms with Gasteiger partial charge in [-0.2, -0.15) is 0 Å². The number of piperidine rings is 1. The highest BCUT2D eigenvalue weighted by Gasteiger charge is 2.21. The molecule has 2 aliphatic heterocycles. The Kier molecular flexibility index (Phi) is 5.91. The van der Waals surface area contributed by atoms with Gasteiger partial charge in [-0.15, -0.1) is 12.4 Å². The fourth-order valence-corrected chi connectivity index (χ4v) is 2.84. The second kappa shape index (κ2) is 7.70. The van der Waals surface area contributed by atoms with E-state index in [1.165, 1.54) is 0 Å². The first-order valence-electron chi connectivity index (χ1n) is 7.66. The number of amides is 1. The van der Waals surface area contributed by atoms with Gasteiger partial charge >= 0.3 is 0 Å². The Morgan fingerprint density at radius 3 is 2.82 bits per heavy atom. The molecule has 1 aromatic rings. The molecule has 2 atom stereocenters. The minimum Gasteiger partial charge on any atom is -0.490 e. The summed E-state index contributed by atoms with van der Waals surface area (Å²) in [5, 5.41) is 6.50. The Balaban J connectivity index is 0.00000176. The number of ether oxygens (including phenoxy) is 2. The average Bonchev–Trinajstić information content (AvgIpc) is 2.71. The highest BCUT2D eigenvalue weighted by molar-refractivity contribution is 5.95. The fourth-order valence-electron chi connectivity index (χ4n) is 2.84. The van der Waals surface area contributed by atoms with Gasteiger partial charge in [-0.1, -0.05) is 0 Å². The number of hydrogen-bond acceptors (Lipinski definition) is 4. The van der Waals surface area contributed by atoms with Crippen molar-refractivity contribution in [2.45, 2.75) is 38.3 Å². The molecule has 0 aromatic heterocycles. The molecule has 1 aromatic carbocycles. The standard InChI is InChI=1S/C16H22N2O3.ClH/c1-11-9-13(5-6-17-11)18-16(19)12-3-4-14-15(10-12)21-8-2-7-20-14;/h3-4,10-11,13,17H,2,5-9H2,1H3,(H,18,19);1H. The van der Waals surface area contributed by atoms with Crippen LogP contribution in [-0.4, -0.2) is 37.7 Å². The van der Waals surface area contributed by atoms with Gasteiger partial charge in [-0.05, 0) is 44.5 Å². The summed E-state index contributed by atoms with van der Waals surface area (Å²) >= 11 is 0. The number of fused-ring (bicyclic) bond motifs is 1. The molecule has 0 spiro atoms. The van der Waals surface area contributed by atoms with Crippen molar-refractivity contribution < 1.29 is 14.3 Å². The number of rotatable bonds is 2. The predicted molar refractivity (Wildman–Crippen MR) is 87.2 cm³/mol. The zero-order valence-corrected chi connectivity index (χ0v) is 13.6. The maximum atomic E-state index is 12.4. The maximum Gasteiger partial charge on any atom is 0.251 e. The van der Waals surface area contributed by atoms with Gasteiger partial charge < -0.3 is 20.1 Å². The Hall–Kier alpha value is -1.46. The molecule has 1 saturated heterocycles. The molecule has 0 radical (unpaired) electrons. The van der Waals surface area contributed by atoms with E-state index in [9.17, 15) is 4.79 Å². The third-order valence-corrected chi connectivity index (χ3v) is 3.97. The quantitative estimate of drug-likeness (QED) is 0.874. The van der Waals surface area contributed by atoms with Crippen molar-refractivity contribution in [1.29, 1.82) is 0 Å². The molecular formula is C16H23ClN2O3. The van der Waals surface area contributed by atoms with Gasteiger partial charge in [0.1, 0.15) is 0 Å². The molecule has 22 heavy (non-hydrogen) atoms. The van der Waals surface area contributed by atoms with Crippen molar-refractivity contribution in [3.63, 3.8) is 0 Å². The number of carbonyl (C=O) groups excluding carboxylic acids is 1. The molecule has 0 aliphatic carbocycles. The first kappa shape index (κ1) is 16.9. The smallest absolute Gasteiger partial charge is 0.251 e. The van der Waals surface area contributed by atoms with Crippen LogP contribution in [0.3, 0.4) is 0 Å². The maximum absolute atomic E-state index is 12.4. The van der Waals surface area contributed by atoms with E-state index in [4.69, 9.17) is 9.47 Å². The fraction of sp³-hybridized carbons (Fsp3) is 0.562. The van der Waals surface area contributed by atoms with Crippen LogP contribution >= 0.6 is 12.4 Å². The summed E-state index contributed by atoms with van der Waals surface area (Å²) in [5.41, 5.74) is 0.630. The number of hydrogen-bond donors (Lipinski definition) is 2. The Bertz CT molecular complexity index is 524. The summed E-state index contributed by atoms with van der Waals surface area (Å²) in [4.78, 5) is 12.4. The van der Waals surface area contributed by atoms with Crippen molar-refractivity contribution >= 4 is 18.3 Å². The summed E-state index contributed by atoms with van der Waals surface area (Å²) in [7, 11) is 0. The van der Waals surface area contributed by atoms with Crippen molar-refractivity contribution in [2.75, 3.05) is 19.8 Å². The van der Waals surface area contributed by atoms with Gasteiger partial charge in [0, 0.05) is 24.1 Å². The van der Waals surface area contributed by atoms with Gasteiger partial charge in [0.2, 0.25) is 0 Å². The first-order valence-corrected chi connectivity index (χ1v) is 7.66. The molecule has 0 bridgehead atoms. The van der Waals surface area contributed by atoms with E-state index in [0.717, 1.165) is 31.6 Å². The van der Waals surface area contributed by atoms with Gasteiger partial charge in [0.25, 0.3) is 5.91 Å². The van der Waals surface area contributed by atoms with Gasteiger partial charge in [-0.3, -0.25) is 4.79 Å². The van der Waals surface area contributed by atoms with Crippen LogP contribution in [0.15, 0.2) is 18.2 Å². The minimum absolute atomic E-state index is 0. The van der Waals surface area contributed by atoms with Gasteiger partial charge in [0.05, 0.1) is 13.2 Å². The molecule has 6 heteroatoms. The van der Waals surface area contributed by atoms with Crippen LogP contribution in [0.2, 0.25) is 0 Å². The molecule has 2 unspecified atom stereocenters. The van der Waals surface area contributed by atoms with Crippen molar-refractivity contribution in [3.05, 3.63) is 23.8 Å². The lowest BCUT2D eigenvalue weighted by atomic mass is 10.0. The highest BCUT2D eigenvalue weighted by Crippen LogP contribution is 2.30. The van der Waals surface area contributed by atoms with Crippen molar-refractivity contribution in [2.24, 2.45) is 0 Å². The lowest BCUT2D eigenvalue weighted by Crippen LogP contribution is -2.46. The molecule has 1 amide bonds. The van der Waals surface area contributed by atoms with E-state index in [0.29, 0.717) is 30.6 Å². The van der Waals surface area contributed by atoms with E-state index < -0.39 is 0 Å². The predicted octanol–water partition coefficient (Wildman–Crippen LogP) is 2.14. The molecular weight excluding hydrogens is 304 g/mol. The second-order valence-corrected chi connectivity index (χ2v) is 5.76. The van der Waals surface area contributed by atoms with Crippen LogP contribution < -0.4 is 20.1 Å². The van der Waals surface area contributed by atoms with E-state index >= 15 is 0 Å². The molecule has 5 nitrogen and oxygen atoms in total. The van der Waals surface area contributed by atoms with Crippen LogP contribution in [0, 0.1) is 0 Å². The monoisotopic (exact) mass is 326 g/mol. The van der Waals surface area contributed by atoms with Gasteiger partial charge in [-0.25, -0.2) is 0 Å². The normalized spacial score (nSPS) is 23.9. The van der Waals surface area contributed by atoms with E-state index in [1.807, 2.05) is 6.07 Å². The van der Waals surface area contributed by atoms with Crippen molar-refractivity contribution in [3.8, 4) is 11.5 Å². The van der Waals surface area contributed by atoms with Crippen molar-refractivity contribution in [1.82, 2.24) is 10.6 Å². The lowest BCUT2D eigenvalue weighted by Gasteiger charge is -2.28. The number of benzene rings is 1. The summed E-state index contributed by atoms with van der Waals surface area (Å²) in [6.07, 6.45) is 2.81. The topological polar surface area (TPSA) is 59.6 Å². The third kappa shape index (κ3) is 4.05. The zero-order chi connectivity index (χ0) is 14.7. The van der Waals surface area contributed by atoms with Crippen LogP contribution in [0.5, 0.6) is 11.5 Å². The van der Waals surface area contributed by atoms with Crippen LogP contribution in [-0.2, 0) is 0 Å². The largest absolute Gasteiger partial charge is 0.490 e. The molecule has 122 valence electrons. The van der Waals surface area contributed by atoms with E-state index in [-0.39, 0.29) is 24.4 Å². The summed E-state index contributed by atoms with van der Waals surface area (Å²) in [6, 6.07) is 6.09.